The smallest absolute Gasteiger partial charge is 0.416 e. The molecule has 0 unspecified atom stereocenters. The van der Waals surface area contributed by atoms with Crippen molar-refractivity contribution < 1.29 is 31.9 Å². The van der Waals surface area contributed by atoms with Crippen LogP contribution in [0, 0.1) is 11.6 Å². The molecule has 0 bridgehead atoms. The number of aromatic nitrogens is 2. The lowest BCUT2D eigenvalue weighted by atomic mass is 10.0. The van der Waals surface area contributed by atoms with Gasteiger partial charge in [-0.1, -0.05) is 0 Å². The third kappa shape index (κ3) is 4.62. The van der Waals surface area contributed by atoms with Crippen molar-refractivity contribution in [3.8, 4) is 17.1 Å². The van der Waals surface area contributed by atoms with Crippen molar-refractivity contribution in [2.24, 2.45) is 12.0 Å². The number of hydrogen-bond donors (Lipinski definition) is 2. The third-order valence-corrected chi connectivity index (χ3v) is 7.12. The van der Waals surface area contributed by atoms with Gasteiger partial charge in [-0.05, 0) is 72.3 Å². The predicted molar refractivity (Wildman–Crippen MR) is 142 cm³/mol. The average molecular weight is 565 g/mol. The molecule has 0 radical (unpaired) electrons. The van der Waals surface area contributed by atoms with Gasteiger partial charge in [-0.15, -0.1) is 0 Å². The Labute approximate surface area is 229 Å². The van der Waals surface area contributed by atoms with Crippen LogP contribution in [0.2, 0.25) is 0 Å². The lowest BCUT2D eigenvalue weighted by Crippen LogP contribution is -2.39. The first-order valence-electron chi connectivity index (χ1n) is 12.5. The fourth-order valence-corrected chi connectivity index (χ4v) is 5.33. The van der Waals surface area contributed by atoms with E-state index in [1.807, 2.05) is 11.0 Å². The predicted octanol–water partition coefficient (Wildman–Crippen LogP) is 4.13. The summed E-state index contributed by atoms with van der Waals surface area (Å²) in [6, 6.07) is 9.49. The SMILES string of the molecule is Cn1ccc(=NC(=O)Cc2cc(F)ccc2C(F)(F)F)c2c1-c1c(O)[nH]c3c1=C(C=C2)N(c1ccc(F)cc1)CC=3. The minimum Gasteiger partial charge on any atom is -0.494 e. The number of alkyl halides is 3. The molecule has 2 aromatic carbocycles. The number of carbonyl (C=O) groups is 1. The Morgan fingerprint density at radius 3 is 2.51 bits per heavy atom. The molecule has 0 fully saturated rings. The van der Waals surface area contributed by atoms with Gasteiger partial charge in [0.15, 0.2) is 5.88 Å². The standard InChI is InChI=1S/C30H21F5N4O2/c1-38-12-10-22(36-25(40)15-16-14-18(32)4-8-21(16)30(33,34)35)20-7-9-24-26-23(37-29(41)27(26)28(20)38)11-13-39(24)19-5-2-17(31)3-6-19/h2-12,14,37,41H,13,15H2,1H3. The van der Waals surface area contributed by atoms with Crippen molar-refractivity contribution in [1.29, 1.82) is 0 Å². The molecule has 1 aliphatic heterocycles. The molecule has 3 heterocycles. The quantitative estimate of drug-likeness (QED) is 0.368. The van der Waals surface area contributed by atoms with E-state index in [1.54, 1.807) is 42.1 Å². The number of aromatic amines is 1. The highest BCUT2D eigenvalue weighted by Crippen LogP contribution is 2.33. The minimum atomic E-state index is -4.77. The molecule has 6 rings (SSSR count). The van der Waals surface area contributed by atoms with Crippen LogP contribution in [0.5, 0.6) is 5.88 Å². The molecule has 208 valence electrons. The maximum Gasteiger partial charge on any atom is 0.416 e. The largest absolute Gasteiger partial charge is 0.494 e. The van der Waals surface area contributed by atoms with Crippen molar-refractivity contribution in [2.75, 3.05) is 11.4 Å². The van der Waals surface area contributed by atoms with Gasteiger partial charge in [0.25, 0.3) is 5.91 Å². The van der Waals surface area contributed by atoms with Crippen LogP contribution in [0.3, 0.4) is 0 Å². The number of hydrogen-bond acceptors (Lipinski definition) is 3. The number of carbonyl (C=O) groups excluding carboxylic acids is 1. The van der Waals surface area contributed by atoms with Crippen LogP contribution >= 0.6 is 0 Å². The molecule has 0 saturated carbocycles. The van der Waals surface area contributed by atoms with Crippen molar-refractivity contribution >= 4 is 29.4 Å². The number of aromatic hydroxyl groups is 1. The second kappa shape index (κ2) is 9.61. The Hall–Kier alpha value is -4.93. The topological polar surface area (TPSA) is 73.6 Å². The highest BCUT2D eigenvalue weighted by atomic mass is 19.4. The van der Waals surface area contributed by atoms with E-state index in [2.05, 4.69) is 9.98 Å². The van der Waals surface area contributed by atoms with Crippen LogP contribution in [0.4, 0.5) is 27.6 Å². The van der Waals surface area contributed by atoms with Crippen molar-refractivity contribution in [3.63, 3.8) is 0 Å². The van der Waals surface area contributed by atoms with Crippen LogP contribution in [-0.4, -0.2) is 27.1 Å². The first-order chi connectivity index (χ1) is 19.5. The fourth-order valence-electron chi connectivity index (χ4n) is 5.33. The number of pyridine rings is 1. The van der Waals surface area contributed by atoms with Crippen molar-refractivity contribution in [3.05, 3.63) is 105 Å². The molecule has 2 N–H and O–H groups in total. The number of rotatable bonds is 3. The number of aryl methyl sites for hydroxylation is 1. The summed E-state index contributed by atoms with van der Waals surface area (Å²) < 4.78 is 69.6. The summed E-state index contributed by atoms with van der Waals surface area (Å²) in [7, 11) is 1.74. The number of H-pyrrole nitrogens is 1. The molecule has 1 aliphatic carbocycles. The molecule has 2 aromatic heterocycles. The lowest BCUT2D eigenvalue weighted by Gasteiger charge is -2.26. The summed E-state index contributed by atoms with van der Waals surface area (Å²) in [5.41, 5.74) is 1.18. The average Bonchev–Trinajstić information content (AvgIpc) is 3.11. The van der Waals surface area contributed by atoms with Crippen molar-refractivity contribution in [1.82, 2.24) is 9.55 Å². The number of nitrogens with one attached hydrogen (secondary N) is 1. The van der Waals surface area contributed by atoms with Crippen molar-refractivity contribution in [2.45, 2.75) is 12.6 Å². The van der Waals surface area contributed by atoms with E-state index in [0.29, 0.717) is 63.5 Å². The molecule has 2 aliphatic rings. The summed E-state index contributed by atoms with van der Waals surface area (Å²) in [6.07, 6.45) is 1.48. The first-order valence-corrected chi connectivity index (χ1v) is 12.5. The van der Waals surface area contributed by atoms with Gasteiger partial charge in [-0.3, -0.25) is 4.79 Å². The van der Waals surface area contributed by atoms with E-state index in [0.717, 1.165) is 0 Å². The number of nitrogens with zero attached hydrogens (tertiary/aromatic N) is 3. The van der Waals surface area contributed by atoms with Gasteiger partial charge in [0.05, 0.1) is 34.3 Å². The van der Waals surface area contributed by atoms with E-state index in [4.69, 9.17) is 0 Å². The van der Waals surface area contributed by atoms with E-state index in [1.165, 1.54) is 18.2 Å². The molecular weight excluding hydrogens is 543 g/mol. The molecule has 4 aromatic rings. The summed E-state index contributed by atoms with van der Waals surface area (Å²) in [4.78, 5) is 22.0. The minimum absolute atomic E-state index is 0.122. The Balaban J connectivity index is 1.49. The molecule has 1 amide bonds. The molecule has 6 nitrogen and oxygen atoms in total. The number of fused-ring (bicyclic) bond motifs is 2. The second-order valence-electron chi connectivity index (χ2n) is 9.70. The van der Waals surface area contributed by atoms with E-state index in [-0.39, 0.29) is 17.1 Å². The second-order valence-corrected chi connectivity index (χ2v) is 9.70. The molecule has 0 spiro atoms. The normalized spacial score (nSPS) is 14.4. The Kier molecular flexibility index (Phi) is 6.17. The maximum atomic E-state index is 13.8. The van der Waals surface area contributed by atoms with Crippen LogP contribution in [-0.2, 0) is 24.4 Å². The fraction of sp³-hybridized carbons (Fsp3) is 0.133. The van der Waals surface area contributed by atoms with Crippen LogP contribution < -0.4 is 20.8 Å². The van der Waals surface area contributed by atoms with Crippen LogP contribution in [0.15, 0.2) is 65.8 Å². The highest BCUT2D eigenvalue weighted by Gasteiger charge is 2.34. The van der Waals surface area contributed by atoms with Gasteiger partial charge in [0.2, 0.25) is 0 Å². The Morgan fingerprint density at radius 2 is 1.78 bits per heavy atom. The lowest BCUT2D eigenvalue weighted by molar-refractivity contribution is -0.138. The van der Waals surface area contributed by atoms with Gasteiger partial charge in [0, 0.05) is 41.6 Å². The molecule has 0 saturated heterocycles. The molecule has 11 heteroatoms. The molecule has 0 atom stereocenters. The number of benzene rings is 2. The van der Waals surface area contributed by atoms with E-state index in [9.17, 15) is 31.9 Å². The zero-order valence-corrected chi connectivity index (χ0v) is 21.4. The van der Waals surface area contributed by atoms with Crippen LogP contribution in [0.1, 0.15) is 16.7 Å². The van der Waals surface area contributed by atoms with Gasteiger partial charge < -0.3 is 19.6 Å². The summed E-state index contributed by atoms with van der Waals surface area (Å²) in [5.74, 6) is -2.30. The highest BCUT2D eigenvalue weighted by molar-refractivity contribution is 5.91. The molecule has 41 heavy (non-hydrogen) atoms. The number of halogens is 5. The zero-order chi connectivity index (χ0) is 29.1. The maximum absolute atomic E-state index is 13.8. The zero-order valence-electron chi connectivity index (χ0n) is 21.4. The number of anilines is 1. The van der Waals surface area contributed by atoms with E-state index < -0.39 is 35.4 Å². The van der Waals surface area contributed by atoms with Gasteiger partial charge in [0.1, 0.15) is 11.6 Å². The summed E-state index contributed by atoms with van der Waals surface area (Å²) in [5, 5.41) is 12.5. The van der Waals surface area contributed by atoms with E-state index >= 15 is 0 Å². The summed E-state index contributed by atoms with van der Waals surface area (Å²) in [6.45, 7) is 0.422. The first kappa shape index (κ1) is 26.3. The van der Waals surface area contributed by atoms with Gasteiger partial charge in [-0.2, -0.15) is 13.2 Å². The Morgan fingerprint density at radius 1 is 1.05 bits per heavy atom. The van der Waals surface area contributed by atoms with Gasteiger partial charge in [-0.25, -0.2) is 13.8 Å². The third-order valence-electron chi connectivity index (χ3n) is 7.12. The van der Waals surface area contributed by atoms with Crippen LogP contribution in [0.25, 0.3) is 29.1 Å². The van der Waals surface area contributed by atoms with Gasteiger partial charge >= 0.3 is 6.18 Å². The summed E-state index contributed by atoms with van der Waals surface area (Å²) >= 11 is 0. The number of amides is 1. The monoisotopic (exact) mass is 564 g/mol. The Bertz CT molecular complexity index is 1950. The molecular formula is C30H21F5N4O2.